The lowest BCUT2D eigenvalue weighted by Gasteiger charge is -2.24. The zero-order chi connectivity index (χ0) is 20.7. The van der Waals surface area contributed by atoms with Gasteiger partial charge in [0.25, 0.3) is 0 Å². The van der Waals surface area contributed by atoms with Crippen molar-refractivity contribution in [2.75, 3.05) is 6.61 Å². The number of aromatic carboxylic acids is 1. The summed E-state index contributed by atoms with van der Waals surface area (Å²) in [6, 6.07) is 11.0. The van der Waals surface area contributed by atoms with Gasteiger partial charge in [-0.05, 0) is 31.4 Å². The molecule has 154 valence electrons. The van der Waals surface area contributed by atoms with Crippen molar-refractivity contribution < 1.29 is 19.4 Å². The van der Waals surface area contributed by atoms with Gasteiger partial charge in [-0.15, -0.1) is 0 Å². The Kier molecular flexibility index (Phi) is 4.61. The van der Waals surface area contributed by atoms with E-state index in [-0.39, 0.29) is 24.2 Å². The highest BCUT2D eigenvalue weighted by atomic mass is 16.5. The van der Waals surface area contributed by atoms with Crippen LogP contribution in [-0.2, 0) is 4.79 Å². The summed E-state index contributed by atoms with van der Waals surface area (Å²) in [6.45, 7) is 0.282. The highest BCUT2D eigenvalue weighted by Crippen LogP contribution is 2.42. The Morgan fingerprint density at radius 2 is 2.03 bits per heavy atom. The van der Waals surface area contributed by atoms with Gasteiger partial charge in [-0.25, -0.2) is 14.5 Å². The fraction of sp³-hybridized carbons (Fsp3) is 0.364. The predicted octanol–water partition coefficient (Wildman–Crippen LogP) is 3.04. The number of nitrogens with zero attached hydrogens (tertiary/aromatic N) is 3. The molecule has 1 aliphatic carbocycles. The van der Waals surface area contributed by atoms with Gasteiger partial charge in [0.05, 0.1) is 22.8 Å². The van der Waals surface area contributed by atoms with Crippen LogP contribution in [0.2, 0.25) is 0 Å². The third-order valence-corrected chi connectivity index (χ3v) is 5.87. The minimum absolute atomic E-state index is 0.0155. The van der Waals surface area contributed by atoms with Gasteiger partial charge in [0.15, 0.2) is 11.3 Å². The Balaban J connectivity index is 1.64. The number of hydrogen-bond donors (Lipinski definition) is 2. The van der Waals surface area contributed by atoms with E-state index in [1.165, 1.54) is 6.07 Å². The van der Waals surface area contributed by atoms with Crippen LogP contribution in [0.4, 0.5) is 0 Å². The summed E-state index contributed by atoms with van der Waals surface area (Å²) in [6.07, 6.45) is 4.42. The first kappa shape index (κ1) is 18.6. The third-order valence-electron chi connectivity index (χ3n) is 5.87. The monoisotopic (exact) mass is 406 g/mol. The van der Waals surface area contributed by atoms with Crippen molar-refractivity contribution in [1.82, 2.24) is 20.1 Å². The average Bonchev–Trinajstić information content (AvgIpc) is 3.29. The van der Waals surface area contributed by atoms with Crippen LogP contribution in [-0.4, -0.2) is 44.4 Å². The molecule has 5 rings (SSSR count). The number of carbonyl (C=O) groups is 2. The van der Waals surface area contributed by atoms with E-state index in [2.05, 4.69) is 10.3 Å². The number of rotatable bonds is 6. The van der Waals surface area contributed by atoms with Gasteiger partial charge in [0, 0.05) is 18.4 Å². The highest BCUT2D eigenvalue weighted by Gasteiger charge is 2.30. The topological polar surface area (TPSA) is 106 Å². The van der Waals surface area contributed by atoms with Crippen LogP contribution in [0.15, 0.2) is 36.4 Å². The summed E-state index contributed by atoms with van der Waals surface area (Å²) < 4.78 is 7.79. The second kappa shape index (κ2) is 7.44. The number of carboxylic acids is 1. The Morgan fingerprint density at radius 3 is 2.67 bits per heavy atom. The standard InChI is InChI=1S/C22H22N4O4/c27-18-10-9-14(23-18)12-30-17-11-16(22(28)29)24-21-19(17)20(13-5-4-6-13)25-26(21)15-7-2-1-3-8-15/h1-3,7-8,11,13-14H,4-6,9-10,12H2,(H,23,27)(H,28,29)/t14-/m1/s1. The maximum absolute atomic E-state index is 11.8. The van der Waals surface area contributed by atoms with E-state index in [0.29, 0.717) is 30.2 Å². The first-order valence-electron chi connectivity index (χ1n) is 10.2. The first-order chi connectivity index (χ1) is 14.6. The van der Waals surface area contributed by atoms with Crippen molar-refractivity contribution in [2.24, 2.45) is 0 Å². The number of para-hydroxylation sites is 1. The molecule has 0 bridgehead atoms. The highest BCUT2D eigenvalue weighted by molar-refractivity contribution is 5.94. The molecule has 0 spiro atoms. The van der Waals surface area contributed by atoms with Gasteiger partial charge in [0.2, 0.25) is 5.91 Å². The molecule has 1 aromatic carbocycles. The fourth-order valence-electron chi connectivity index (χ4n) is 4.04. The summed E-state index contributed by atoms with van der Waals surface area (Å²) in [5, 5.41) is 18.1. The lowest BCUT2D eigenvalue weighted by molar-refractivity contribution is -0.119. The maximum atomic E-state index is 11.8. The van der Waals surface area contributed by atoms with Crippen molar-refractivity contribution in [3.63, 3.8) is 0 Å². The zero-order valence-electron chi connectivity index (χ0n) is 16.4. The number of ether oxygens (including phenoxy) is 1. The van der Waals surface area contributed by atoms with Gasteiger partial charge in [-0.3, -0.25) is 4.79 Å². The molecule has 2 aliphatic rings. The fourth-order valence-corrected chi connectivity index (χ4v) is 4.04. The van der Waals surface area contributed by atoms with Crippen LogP contribution >= 0.6 is 0 Å². The molecule has 1 aliphatic heterocycles. The molecule has 2 aromatic heterocycles. The smallest absolute Gasteiger partial charge is 0.354 e. The van der Waals surface area contributed by atoms with Crippen molar-refractivity contribution in [2.45, 2.75) is 44.1 Å². The van der Waals surface area contributed by atoms with E-state index in [9.17, 15) is 14.7 Å². The second-order valence-electron chi connectivity index (χ2n) is 7.88. The minimum Gasteiger partial charge on any atom is -0.491 e. The molecule has 30 heavy (non-hydrogen) atoms. The van der Waals surface area contributed by atoms with E-state index < -0.39 is 5.97 Å². The Hall–Kier alpha value is -3.42. The molecule has 1 atom stereocenters. The Morgan fingerprint density at radius 1 is 1.23 bits per heavy atom. The van der Waals surface area contributed by atoms with Gasteiger partial charge in [-0.1, -0.05) is 24.6 Å². The van der Waals surface area contributed by atoms with Crippen LogP contribution in [0.25, 0.3) is 16.7 Å². The van der Waals surface area contributed by atoms with E-state index >= 15 is 0 Å². The minimum atomic E-state index is -1.12. The van der Waals surface area contributed by atoms with Crippen LogP contribution in [0.3, 0.4) is 0 Å². The van der Waals surface area contributed by atoms with Crippen molar-refractivity contribution in [1.29, 1.82) is 0 Å². The summed E-state index contributed by atoms with van der Waals surface area (Å²) in [7, 11) is 0. The summed E-state index contributed by atoms with van der Waals surface area (Å²) in [5.41, 5.74) is 2.10. The molecule has 1 amide bonds. The Bertz CT molecular complexity index is 1120. The number of carboxylic acid groups (broad SMARTS) is 1. The van der Waals surface area contributed by atoms with Gasteiger partial charge < -0.3 is 15.2 Å². The maximum Gasteiger partial charge on any atom is 0.354 e. The number of pyridine rings is 1. The number of hydrogen-bond acceptors (Lipinski definition) is 5. The SMILES string of the molecule is O=C1CC[C@H](COc2cc(C(=O)O)nc3c2c(C2CCC2)nn3-c2ccccc2)N1. The molecule has 3 heterocycles. The molecule has 1 saturated heterocycles. The molecular weight excluding hydrogens is 384 g/mol. The quantitative estimate of drug-likeness (QED) is 0.652. The molecule has 2 fully saturated rings. The first-order valence-corrected chi connectivity index (χ1v) is 10.2. The van der Waals surface area contributed by atoms with Crippen LogP contribution in [0, 0.1) is 0 Å². The molecule has 8 nitrogen and oxygen atoms in total. The zero-order valence-corrected chi connectivity index (χ0v) is 16.4. The number of fused-ring (bicyclic) bond motifs is 1. The molecule has 3 aromatic rings. The van der Waals surface area contributed by atoms with Crippen LogP contribution < -0.4 is 10.1 Å². The van der Waals surface area contributed by atoms with Gasteiger partial charge in [0.1, 0.15) is 12.4 Å². The van der Waals surface area contributed by atoms with Crippen LogP contribution in [0.1, 0.15) is 54.2 Å². The number of benzene rings is 1. The number of amides is 1. The lowest BCUT2D eigenvalue weighted by atomic mass is 9.82. The second-order valence-corrected chi connectivity index (χ2v) is 7.88. The van der Waals surface area contributed by atoms with E-state index in [1.807, 2.05) is 30.3 Å². The predicted molar refractivity (Wildman–Crippen MR) is 109 cm³/mol. The summed E-state index contributed by atoms with van der Waals surface area (Å²) >= 11 is 0. The van der Waals surface area contributed by atoms with Crippen molar-refractivity contribution in [3.05, 3.63) is 47.8 Å². The molecule has 2 N–H and O–H groups in total. The number of aromatic nitrogens is 3. The average molecular weight is 406 g/mol. The largest absolute Gasteiger partial charge is 0.491 e. The number of carbonyl (C=O) groups excluding carboxylic acids is 1. The molecule has 0 unspecified atom stereocenters. The van der Waals surface area contributed by atoms with Gasteiger partial charge >= 0.3 is 5.97 Å². The number of nitrogens with one attached hydrogen (secondary N) is 1. The lowest BCUT2D eigenvalue weighted by Crippen LogP contribution is -2.31. The van der Waals surface area contributed by atoms with E-state index in [0.717, 1.165) is 36.0 Å². The van der Waals surface area contributed by atoms with Crippen LogP contribution in [0.5, 0.6) is 5.75 Å². The summed E-state index contributed by atoms with van der Waals surface area (Å²) in [5.74, 6) is -0.338. The molecule has 1 saturated carbocycles. The normalized spacial score (nSPS) is 18.9. The van der Waals surface area contributed by atoms with Crippen molar-refractivity contribution in [3.8, 4) is 11.4 Å². The molecule has 0 radical (unpaired) electrons. The summed E-state index contributed by atoms with van der Waals surface area (Å²) in [4.78, 5) is 27.7. The van der Waals surface area contributed by atoms with E-state index in [4.69, 9.17) is 9.84 Å². The Labute approximate surface area is 172 Å². The van der Waals surface area contributed by atoms with Gasteiger partial charge in [-0.2, -0.15) is 5.10 Å². The van der Waals surface area contributed by atoms with E-state index in [1.54, 1.807) is 4.68 Å². The molecule has 8 heteroatoms. The van der Waals surface area contributed by atoms with Crippen molar-refractivity contribution >= 4 is 22.9 Å². The third kappa shape index (κ3) is 3.28. The molecular formula is C22H22N4O4.